The van der Waals surface area contributed by atoms with Gasteiger partial charge in [-0.05, 0) is 141 Å². The molecule has 0 heteroatoms. The molecule has 2 aliphatic carbocycles. The number of rotatable bonds is 2. The Bertz CT molecular complexity index is 2760. The summed E-state index contributed by atoms with van der Waals surface area (Å²) in [5.41, 5.74) is 19.0. The predicted octanol–water partition coefficient (Wildman–Crippen LogP) is 14.1. The second kappa shape index (κ2) is 9.98. The summed E-state index contributed by atoms with van der Waals surface area (Å²) in [6, 6.07) is 47.1. The first-order chi connectivity index (χ1) is 24.3. The van der Waals surface area contributed by atoms with Gasteiger partial charge in [-0.2, -0.15) is 0 Å². The smallest absolute Gasteiger partial charge is 0.0159 e. The fourth-order valence-corrected chi connectivity index (χ4v) is 9.73. The molecule has 0 nitrogen and oxygen atoms in total. The first-order valence-corrected chi connectivity index (χ1v) is 18.6. The second-order valence-corrected chi connectivity index (χ2v) is 17.5. The maximum Gasteiger partial charge on any atom is 0.0159 e. The van der Waals surface area contributed by atoms with E-state index < -0.39 is 0 Å². The molecule has 0 atom stereocenters. The van der Waals surface area contributed by atoms with E-state index in [1.807, 2.05) is 0 Å². The topological polar surface area (TPSA) is 0 Å². The molecule has 0 amide bonds. The summed E-state index contributed by atoms with van der Waals surface area (Å²) in [7, 11) is 0. The standard InChI is InChI=1S/C51H44/c1-29-23-42(41-22-17-34-25-35(49(2,3)4)24-33-16-18-36(29)48(41)47(33)34)32-15-21-40-39-20-14-31(27-45(39)51(7,8)46(40)28-32)30-13-19-38-37-11-9-10-12-43(37)50(5,6)44(38)26-30/h9-28H,1-8H3. The highest BCUT2D eigenvalue weighted by Gasteiger charge is 2.37. The Morgan fingerprint density at radius 3 is 1.49 bits per heavy atom. The number of aryl methyl sites for hydroxylation is 1. The Morgan fingerprint density at radius 1 is 0.412 bits per heavy atom. The zero-order chi connectivity index (χ0) is 35.2. The lowest BCUT2D eigenvalue weighted by molar-refractivity contribution is 0.591. The molecule has 10 rings (SSSR count). The summed E-state index contributed by atoms with van der Waals surface area (Å²) in [5, 5.41) is 8.16. The van der Waals surface area contributed by atoms with Crippen LogP contribution in [0.4, 0.5) is 0 Å². The zero-order valence-corrected chi connectivity index (χ0v) is 31.0. The fourth-order valence-electron chi connectivity index (χ4n) is 9.73. The van der Waals surface area contributed by atoms with Crippen molar-refractivity contribution in [2.75, 3.05) is 0 Å². The van der Waals surface area contributed by atoms with Gasteiger partial charge in [-0.3, -0.25) is 0 Å². The molecule has 0 aliphatic heterocycles. The monoisotopic (exact) mass is 656 g/mol. The molecule has 0 saturated heterocycles. The molecule has 8 aromatic rings. The van der Waals surface area contributed by atoms with Crippen LogP contribution in [-0.2, 0) is 16.2 Å². The quantitative estimate of drug-likeness (QED) is 0.162. The van der Waals surface area contributed by atoms with Crippen LogP contribution in [0.5, 0.6) is 0 Å². The maximum atomic E-state index is 2.49. The third-order valence-electron chi connectivity index (χ3n) is 12.7. The molecule has 0 spiro atoms. The highest BCUT2D eigenvalue weighted by molar-refractivity contribution is 6.26. The summed E-state index contributed by atoms with van der Waals surface area (Å²) < 4.78 is 0. The molecule has 0 bridgehead atoms. The molecule has 0 aromatic heterocycles. The number of hydrogen-bond donors (Lipinski definition) is 0. The largest absolute Gasteiger partial charge is 0.0619 e. The van der Waals surface area contributed by atoms with Crippen molar-refractivity contribution in [3.63, 3.8) is 0 Å². The van der Waals surface area contributed by atoms with Crippen molar-refractivity contribution in [3.8, 4) is 44.5 Å². The van der Waals surface area contributed by atoms with E-state index in [9.17, 15) is 0 Å². The van der Waals surface area contributed by atoms with Crippen molar-refractivity contribution >= 4 is 32.3 Å². The molecule has 0 saturated carbocycles. The van der Waals surface area contributed by atoms with Crippen LogP contribution in [0, 0.1) is 6.92 Å². The van der Waals surface area contributed by atoms with E-state index in [2.05, 4.69) is 177 Å². The third kappa shape index (κ3) is 4.14. The van der Waals surface area contributed by atoms with Crippen LogP contribution in [0.15, 0.2) is 121 Å². The van der Waals surface area contributed by atoms with Gasteiger partial charge in [0.05, 0.1) is 0 Å². The summed E-state index contributed by atoms with van der Waals surface area (Å²) in [6.45, 7) is 18.8. The van der Waals surface area contributed by atoms with Crippen molar-refractivity contribution in [1.82, 2.24) is 0 Å². The van der Waals surface area contributed by atoms with Gasteiger partial charge < -0.3 is 0 Å². The molecule has 8 aromatic carbocycles. The minimum atomic E-state index is -0.120. The molecular formula is C51H44. The van der Waals surface area contributed by atoms with Gasteiger partial charge in [0.25, 0.3) is 0 Å². The molecule has 2 aliphatic rings. The zero-order valence-electron chi connectivity index (χ0n) is 31.0. The van der Waals surface area contributed by atoms with Crippen LogP contribution in [0.2, 0.25) is 0 Å². The van der Waals surface area contributed by atoms with Crippen molar-refractivity contribution in [1.29, 1.82) is 0 Å². The highest BCUT2D eigenvalue weighted by atomic mass is 14.4. The Labute approximate surface area is 302 Å². The Morgan fingerprint density at radius 2 is 0.902 bits per heavy atom. The van der Waals surface area contributed by atoms with E-state index in [1.165, 1.54) is 110 Å². The van der Waals surface area contributed by atoms with Crippen LogP contribution in [0.25, 0.3) is 76.8 Å². The molecule has 51 heavy (non-hydrogen) atoms. The third-order valence-corrected chi connectivity index (χ3v) is 12.7. The average Bonchev–Trinajstić information content (AvgIpc) is 3.49. The Kier molecular flexibility index (Phi) is 5.99. The molecule has 0 radical (unpaired) electrons. The first kappa shape index (κ1) is 30.6. The number of fused-ring (bicyclic) bond motifs is 6. The lowest BCUT2D eigenvalue weighted by Gasteiger charge is -2.24. The Hall–Kier alpha value is -5.20. The average molecular weight is 657 g/mol. The summed E-state index contributed by atoms with van der Waals surface area (Å²) in [6.07, 6.45) is 0. The van der Waals surface area contributed by atoms with Gasteiger partial charge in [0.1, 0.15) is 0 Å². The molecule has 0 heterocycles. The van der Waals surface area contributed by atoms with E-state index in [0.29, 0.717) is 0 Å². The van der Waals surface area contributed by atoms with Gasteiger partial charge in [0.15, 0.2) is 0 Å². The maximum absolute atomic E-state index is 2.49. The van der Waals surface area contributed by atoms with Crippen LogP contribution in [-0.4, -0.2) is 0 Å². The second-order valence-electron chi connectivity index (χ2n) is 17.5. The van der Waals surface area contributed by atoms with Gasteiger partial charge >= 0.3 is 0 Å². The van der Waals surface area contributed by atoms with Gasteiger partial charge in [-0.25, -0.2) is 0 Å². The summed E-state index contributed by atoms with van der Waals surface area (Å²) in [5.74, 6) is 0. The predicted molar refractivity (Wildman–Crippen MR) is 220 cm³/mol. The normalized spacial score (nSPS) is 15.4. The number of benzene rings is 8. The van der Waals surface area contributed by atoms with Gasteiger partial charge in [0.2, 0.25) is 0 Å². The minimum absolute atomic E-state index is 0.0105. The van der Waals surface area contributed by atoms with E-state index >= 15 is 0 Å². The Balaban J connectivity index is 1.08. The van der Waals surface area contributed by atoms with E-state index in [-0.39, 0.29) is 16.2 Å². The van der Waals surface area contributed by atoms with Gasteiger partial charge in [0, 0.05) is 10.8 Å². The summed E-state index contributed by atoms with van der Waals surface area (Å²) in [4.78, 5) is 0. The van der Waals surface area contributed by atoms with Crippen molar-refractivity contribution in [3.05, 3.63) is 155 Å². The van der Waals surface area contributed by atoms with Gasteiger partial charge in [-0.15, -0.1) is 0 Å². The first-order valence-electron chi connectivity index (χ1n) is 18.6. The fraction of sp³-hybridized carbons (Fsp3) is 0.216. The van der Waals surface area contributed by atoms with Crippen molar-refractivity contribution < 1.29 is 0 Å². The van der Waals surface area contributed by atoms with Crippen molar-refractivity contribution in [2.24, 2.45) is 0 Å². The van der Waals surface area contributed by atoms with Crippen LogP contribution >= 0.6 is 0 Å². The van der Waals surface area contributed by atoms with E-state index in [0.717, 1.165) is 0 Å². The molecular weight excluding hydrogens is 613 g/mol. The van der Waals surface area contributed by atoms with Crippen molar-refractivity contribution in [2.45, 2.75) is 71.6 Å². The van der Waals surface area contributed by atoms with Crippen LogP contribution in [0.3, 0.4) is 0 Å². The van der Waals surface area contributed by atoms with Gasteiger partial charge in [-0.1, -0.05) is 152 Å². The molecule has 0 fully saturated rings. The van der Waals surface area contributed by atoms with E-state index in [1.54, 1.807) is 0 Å². The van der Waals surface area contributed by atoms with Crippen LogP contribution in [0.1, 0.15) is 81.8 Å². The minimum Gasteiger partial charge on any atom is -0.0619 e. The SMILES string of the molecule is Cc1cc(-c2ccc3c(c2)C(C)(C)c2cc(-c4ccc5c(c4)C(C)(C)c4ccccc4-5)ccc2-3)c2ccc3cc(C(C)(C)C)cc4ccc1c2c43. The van der Waals surface area contributed by atoms with Crippen LogP contribution < -0.4 is 0 Å². The molecule has 0 unspecified atom stereocenters. The lowest BCUT2D eigenvalue weighted by Crippen LogP contribution is -2.15. The van der Waals surface area contributed by atoms with E-state index in [4.69, 9.17) is 0 Å². The lowest BCUT2D eigenvalue weighted by atomic mass is 9.79. The molecule has 248 valence electrons. The summed E-state index contributed by atoms with van der Waals surface area (Å²) >= 11 is 0. The molecule has 0 N–H and O–H groups in total. The number of hydrogen-bond acceptors (Lipinski definition) is 0. The highest BCUT2D eigenvalue weighted by Crippen LogP contribution is 2.53.